The van der Waals surface area contributed by atoms with E-state index >= 15 is 0 Å². The van der Waals surface area contributed by atoms with Gasteiger partial charge >= 0.3 is 5.97 Å². The predicted molar refractivity (Wildman–Crippen MR) is 110 cm³/mol. The standard InChI is InChI=1S/C19H21BrN2O4S/c1-5-22(6-2)18(24)15-11(3)14(19(25)26-4)17(27-15)21-16(23)12-7-9-13(20)10-8-12/h7-10H,5-6H2,1-4H3,(H,21,23). The Balaban J connectivity index is 2.43. The van der Waals surface area contributed by atoms with Crippen LogP contribution in [0.15, 0.2) is 28.7 Å². The number of esters is 1. The molecule has 6 nitrogen and oxygen atoms in total. The fourth-order valence-electron chi connectivity index (χ4n) is 2.58. The molecule has 0 spiro atoms. The third-order valence-corrected chi connectivity index (χ3v) is 5.84. The molecule has 2 aromatic rings. The van der Waals surface area contributed by atoms with Crippen LogP contribution in [0.3, 0.4) is 0 Å². The van der Waals surface area contributed by atoms with Gasteiger partial charge < -0.3 is 15.0 Å². The highest BCUT2D eigenvalue weighted by molar-refractivity contribution is 9.10. The largest absolute Gasteiger partial charge is 0.465 e. The molecule has 8 heteroatoms. The lowest BCUT2D eigenvalue weighted by atomic mass is 10.1. The van der Waals surface area contributed by atoms with Gasteiger partial charge in [0.15, 0.2) is 0 Å². The Bertz CT molecular complexity index is 857. The van der Waals surface area contributed by atoms with Gasteiger partial charge in [-0.25, -0.2) is 4.79 Å². The molecule has 0 atom stereocenters. The second-order valence-corrected chi connectivity index (χ2v) is 7.63. The van der Waals surface area contributed by atoms with Gasteiger partial charge in [0.05, 0.1) is 17.6 Å². The summed E-state index contributed by atoms with van der Waals surface area (Å²) in [7, 11) is 1.27. The highest BCUT2D eigenvalue weighted by Crippen LogP contribution is 2.35. The van der Waals surface area contributed by atoms with Crippen molar-refractivity contribution in [3.05, 3.63) is 50.3 Å². The van der Waals surface area contributed by atoms with Gasteiger partial charge in [0, 0.05) is 23.1 Å². The Kier molecular flexibility index (Phi) is 7.15. The Morgan fingerprint density at radius 3 is 2.26 bits per heavy atom. The van der Waals surface area contributed by atoms with Gasteiger partial charge in [-0.3, -0.25) is 9.59 Å². The van der Waals surface area contributed by atoms with Crippen molar-refractivity contribution in [3.63, 3.8) is 0 Å². The molecular formula is C19H21BrN2O4S. The summed E-state index contributed by atoms with van der Waals surface area (Å²) in [6.07, 6.45) is 0. The number of hydrogen-bond acceptors (Lipinski definition) is 5. The summed E-state index contributed by atoms with van der Waals surface area (Å²) in [5.74, 6) is -1.12. The van der Waals surface area contributed by atoms with E-state index in [1.54, 1.807) is 36.1 Å². The Hall–Kier alpha value is -2.19. The van der Waals surface area contributed by atoms with E-state index in [1.165, 1.54) is 7.11 Å². The van der Waals surface area contributed by atoms with E-state index in [1.807, 2.05) is 13.8 Å². The number of carbonyl (C=O) groups is 3. The molecule has 0 bridgehead atoms. The van der Waals surface area contributed by atoms with Gasteiger partial charge in [-0.1, -0.05) is 15.9 Å². The van der Waals surface area contributed by atoms with Crippen LogP contribution in [0.4, 0.5) is 5.00 Å². The van der Waals surface area contributed by atoms with Gasteiger partial charge in [-0.2, -0.15) is 0 Å². The number of hydrogen-bond donors (Lipinski definition) is 1. The minimum atomic E-state index is -0.589. The highest BCUT2D eigenvalue weighted by Gasteiger charge is 2.28. The molecule has 1 aromatic carbocycles. The van der Waals surface area contributed by atoms with Crippen LogP contribution in [0.25, 0.3) is 0 Å². The fraction of sp³-hybridized carbons (Fsp3) is 0.316. The lowest BCUT2D eigenvalue weighted by molar-refractivity contribution is 0.0601. The number of thiophene rings is 1. The average molecular weight is 453 g/mol. The van der Waals surface area contributed by atoms with Crippen molar-refractivity contribution in [2.75, 3.05) is 25.5 Å². The Morgan fingerprint density at radius 2 is 1.74 bits per heavy atom. The van der Waals surface area contributed by atoms with Gasteiger partial charge in [-0.05, 0) is 50.6 Å². The maximum atomic E-state index is 12.8. The first-order chi connectivity index (χ1) is 12.8. The molecule has 1 heterocycles. The first-order valence-corrected chi connectivity index (χ1v) is 10.0. The number of rotatable bonds is 6. The summed E-state index contributed by atoms with van der Waals surface area (Å²) in [6.45, 7) is 6.58. The maximum absolute atomic E-state index is 12.8. The monoisotopic (exact) mass is 452 g/mol. The van der Waals surface area contributed by atoms with Gasteiger partial charge in [0.1, 0.15) is 5.00 Å². The lowest BCUT2D eigenvalue weighted by Gasteiger charge is -2.17. The van der Waals surface area contributed by atoms with Crippen LogP contribution in [0, 0.1) is 6.92 Å². The molecule has 144 valence electrons. The average Bonchev–Trinajstić information content (AvgIpc) is 2.98. The second kappa shape index (κ2) is 9.14. The predicted octanol–water partition coefficient (Wildman–Crippen LogP) is 4.34. The summed E-state index contributed by atoms with van der Waals surface area (Å²) in [6, 6.07) is 6.84. The fourth-order valence-corrected chi connectivity index (χ4v) is 4.01. The number of benzene rings is 1. The molecule has 1 aromatic heterocycles. The topological polar surface area (TPSA) is 75.7 Å². The molecule has 1 N–H and O–H groups in total. The first-order valence-electron chi connectivity index (χ1n) is 8.41. The minimum absolute atomic E-state index is 0.170. The van der Waals surface area contributed by atoms with E-state index < -0.39 is 5.97 Å². The summed E-state index contributed by atoms with van der Waals surface area (Å²) in [4.78, 5) is 39.7. The molecule has 27 heavy (non-hydrogen) atoms. The smallest absolute Gasteiger partial charge is 0.341 e. The highest BCUT2D eigenvalue weighted by atomic mass is 79.9. The van der Waals surface area contributed by atoms with E-state index in [9.17, 15) is 14.4 Å². The molecule has 0 radical (unpaired) electrons. The zero-order valence-electron chi connectivity index (χ0n) is 15.6. The van der Waals surface area contributed by atoms with Crippen LogP contribution in [-0.2, 0) is 4.74 Å². The van der Waals surface area contributed by atoms with Crippen LogP contribution in [0.5, 0.6) is 0 Å². The number of nitrogens with one attached hydrogen (secondary N) is 1. The number of anilines is 1. The summed E-state index contributed by atoms with van der Waals surface area (Å²) < 4.78 is 5.71. The number of carbonyl (C=O) groups excluding carboxylic acids is 3. The molecular weight excluding hydrogens is 432 g/mol. The molecule has 0 fully saturated rings. The second-order valence-electron chi connectivity index (χ2n) is 5.69. The Morgan fingerprint density at radius 1 is 1.15 bits per heavy atom. The van der Waals surface area contributed by atoms with Gasteiger partial charge in [0.2, 0.25) is 0 Å². The lowest BCUT2D eigenvalue weighted by Crippen LogP contribution is -2.30. The van der Waals surface area contributed by atoms with E-state index in [4.69, 9.17) is 4.74 Å². The SMILES string of the molecule is CCN(CC)C(=O)c1sc(NC(=O)c2ccc(Br)cc2)c(C(=O)OC)c1C. The third kappa shape index (κ3) is 4.56. The normalized spacial score (nSPS) is 10.4. The third-order valence-electron chi connectivity index (χ3n) is 4.11. The van der Waals surface area contributed by atoms with E-state index in [0.717, 1.165) is 15.8 Å². The van der Waals surface area contributed by atoms with Crippen molar-refractivity contribution in [1.29, 1.82) is 0 Å². The number of ether oxygens (including phenoxy) is 1. The van der Waals surface area contributed by atoms with Gasteiger partial charge in [-0.15, -0.1) is 11.3 Å². The van der Waals surface area contributed by atoms with Crippen LogP contribution in [-0.4, -0.2) is 42.9 Å². The van der Waals surface area contributed by atoms with Gasteiger partial charge in [0.25, 0.3) is 11.8 Å². The maximum Gasteiger partial charge on any atom is 0.341 e. The molecule has 2 rings (SSSR count). The van der Waals surface area contributed by atoms with Crippen molar-refractivity contribution in [3.8, 4) is 0 Å². The first kappa shape index (κ1) is 21.1. The molecule has 0 saturated heterocycles. The summed E-state index contributed by atoms with van der Waals surface area (Å²) >= 11 is 4.41. The van der Waals surface area contributed by atoms with Crippen LogP contribution >= 0.6 is 27.3 Å². The quantitative estimate of drug-likeness (QED) is 0.661. The summed E-state index contributed by atoms with van der Waals surface area (Å²) in [5.41, 5.74) is 1.16. The number of methoxy groups -OCH3 is 1. The van der Waals surface area contributed by atoms with Crippen LogP contribution in [0.1, 0.15) is 49.8 Å². The molecule has 0 aliphatic rings. The van der Waals surface area contributed by atoms with Crippen molar-refractivity contribution in [1.82, 2.24) is 4.90 Å². The Labute approximate surface area is 170 Å². The molecule has 2 amide bonds. The van der Waals surface area contributed by atoms with Crippen molar-refractivity contribution < 1.29 is 19.1 Å². The molecule has 0 unspecified atom stereocenters. The number of halogens is 1. The summed E-state index contributed by atoms with van der Waals surface area (Å²) in [5, 5.41) is 3.05. The number of amides is 2. The molecule has 0 aliphatic heterocycles. The zero-order chi connectivity index (χ0) is 20.1. The molecule has 0 aliphatic carbocycles. The number of nitrogens with zero attached hydrogens (tertiary/aromatic N) is 1. The van der Waals surface area contributed by atoms with Crippen LogP contribution < -0.4 is 5.32 Å². The van der Waals surface area contributed by atoms with Crippen molar-refractivity contribution in [2.24, 2.45) is 0 Å². The molecule has 0 saturated carbocycles. The van der Waals surface area contributed by atoms with E-state index in [2.05, 4.69) is 21.2 Å². The van der Waals surface area contributed by atoms with E-state index in [-0.39, 0.29) is 17.4 Å². The van der Waals surface area contributed by atoms with Crippen LogP contribution in [0.2, 0.25) is 0 Å². The zero-order valence-corrected chi connectivity index (χ0v) is 18.0. The van der Waals surface area contributed by atoms with Crippen molar-refractivity contribution >= 4 is 50.1 Å². The van der Waals surface area contributed by atoms with Crippen molar-refractivity contribution in [2.45, 2.75) is 20.8 Å². The van der Waals surface area contributed by atoms with E-state index in [0.29, 0.717) is 34.1 Å². The minimum Gasteiger partial charge on any atom is -0.465 e.